The predicted octanol–water partition coefficient (Wildman–Crippen LogP) is 5.49. The maximum Gasteiger partial charge on any atom is 0.243 e. The van der Waals surface area contributed by atoms with Gasteiger partial charge in [0.15, 0.2) is 5.13 Å². The molecule has 0 atom stereocenters. The second-order valence-electron chi connectivity index (χ2n) is 7.86. The molecule has 1 aromatic heterocycles. The molecule has 176 valence electrons. The van der Waals surface area contributed by atoms with Crippen molar-refractivity contribution in [2.75, 3.05) is 18.4 Å². The monoisotopic (exact) mass is 493 g/mol. The molecule has 3 aromatic carbocycles. The number of benzene rings is 3. The molecule has 34 heavy (non-hydrogen) atoms. The molecule has 0 aliphatic heterocycles. The molecule has 4 rings (SSSR count). The normalized spacial score (nSPS) is 11.9. The third-order valence-corrected chi connectivity index (χ3v) is 8.72. The minimum absolute atomic E-state index is 0.0809. The van der Waals surface area contributed by atoms with E-state index in [0.717, 1.165) is 11.1 Å². The van der Waals surface area contributed by atoms with Gasteiger partial charge in [-0.2, -0.15) is 4.31 Å². The lowest BCUT2D eigenvalue weighted by molar-refractivity contribution is -0.116. The maximum absolute atomic E-state index is 13.0. The van der Waals surface area contributed by atoms with Gasteiger partial charge in [0.25, 0.3) is 0 Å². The van der Waals surface area contributed by atoms with Crippen LogP contribution in [0.15, 0.2) is 83.8 Å². The summed E-state index contributed by atoms with van der Waals surface area (Å²) < 4.78 is 27.8. The van der Waals surface area contributed by atoms with E-state index in [1.54, 1.807) is 18.2 Å². The number of rotatable bonds is 9. The van der Waals surface area contributed by atoms with Crippen molar-refractivity contribution < 1.29 is 13.2 Å². The van der Waals surface area contributed by atoms with Crippen LogP contribution in [-0.2, 0) is 14.8 Å². The van der Waals surface area contributed by atoms with Crippen LogP contribution >= 0.6 is 11.3 Å². The number of anilines is 1. The number of amides is 1. The van der Waals surface area contributed by atoms with Crippen molar-refractivity contribution in [3.8, 4) is 0 Å². The van der Waals surface area contributed by atoms with Crippen LogP contribution in [0.3, 0.4) is 0 Å². The Kier molecular flexibility index (Phi) is 7.41. The van der Waals surface area contributed by atoms with Crippen molar-refractivity contribution in [2.45, 2.75) is 31.1 Å². The first-order chi connectivity index (χ1) is 16.4. The third-order valence-electron chi connectivity index (χ3n) is 5.74. The number of carbonyl (C=O) groups is 1. The zero-order chi connectivity index (χ0) is 24.1. The number of aromatic nitrogens is 1. The van der Waals surface area contributed by atoms with Gasteiger partial charge in [-0.1, -0.05) is 85.8 Å². The van der Waals surface area contributed by atoms with E-state index in [9.17, 15) is 13.2 Å². The SMILES string of the molecule is CCN(CC)S(=O)(=O)c1ccc2nc(NC(=O)CC(c3ccccc3)c3ccccc3)sc2c1. The molecular weight excluding hydrogens is 466 g/mol. The second kappa shape index (κ2) is 10.5. The molecule has 0 unspecified atom stereocenters. The summed E-state index contributed by atoms with van der Waals surface area (Å²) in [4.78, 5) is 17.7. The molecule has 0 spiro atoms. The minimum Gasteiger partial charge on any atom is -0.302 e. The average Bonchev–Trinajstić information content (AvgIpc) is 3.25. The second-order valence-corrected chi connectivity index (χ2v) is 10.8. The molecule has 6 nitrogen and oxygen atoms in total. The Labute approximate surface area is 204 Å². The van der Waals surface area contributed by atoms with Gasteiger partial charge in [0.1, 0.15) is 0 Å². The van der Waals surface area contributed by atoms with Crippen LogP contribution in [-0.4, -0.2) is 36.7 Å². The summed E-state index contributed by atoms with van der Waals surface area (Å²) in [6, 6.07) is 24.8. The summed E-state index contributed by atoms with van der Waals surface area (Å²) in [5.74, 6) is -0.227. The number of sulfonamides is 1. The summed E-state index contributed by atoms with van der Waals surface area (Å²) in [5, 5.41) is 3.37. The van der Waals surface area contributed by atoms with Gasteiger partial charge in [-0.25, -0.2) is 13.4 Å². The predicted molar refractivity (Wildman–Crippen MR) is 138 cm³/mol. The molecule has 4 aromatic rings. The highest BCUT2D eigenvalue weighted by molar-refractivity contribution is 7.89. The highest BCUT2D eigenvalue weighted by Gasteiger charge is 2.23. The summed E-state index contributed by atoms with van der Waals surface area (Å²) >= 11 is 1.28. The third kappa shape index (κ3) is 5.19. The molecule has 1 heterocycles. The Bertz CT molecular complexity index is 1330. The van der Waals surface area contributed by atoms with Crippen molar-refractivity contribution in [3.63, 3.8) is 0 Å². The highest BCUT2D eigenvalue weighted by atomic mass is 32.2. The quantitative estimate of drug-likeness (QED) is 0.334. The van der Waals surface area contributed by atoms with Crippen molar-refractivity contribution in [2.24, 2.45) is 0 Å². The van der Waals surface area contributed by atoms with Crippen LogP contribution < -0.4 is 5.32 Å². The molecule has 0 aliphatic carbocycles. The van der Waals surface area contributed by atoms with Gasteiger partial charge in [-0.3, -0.25) is 4.79 Å². The molecule has 1 N–H and O–H groups in total. The number of carbonyl (C=O) groups excluding carboxylic acids is 1. The lowest BCUT2D eigenvalue weighted by atomic mass is 9.88. The average molecular weight is 494 g/mol. The van der Waals surface area contributed by atoms with Crippen molar-refractivity contribution in [1.29, 1.82) is 0 Å². The van der Waals surface area contributed by atoms with Gasteiger partial charge in [0.05, 0.1) is 15.1 Å². The molecule has 0 radical (unpaired) electrons. The summed E-state index contributed by atoms with van der Waals surface area (Å²) in [6.45, 7) is 4.45. The van der Waals surface area contributed by atoms with E-state index in [4.69, 9.17) is 0 Å². The van der Waals surface area contributed by atoms with Crippen LogP contribution in [0.4, 0.5) is 5.13 Å². The van der Waals surface area contributed by atoms with Gasteiger partial charge in [0, 0.05) is 25.4 Å². The Morgan fingerprint density at radius 3 is 2.09 bits per heavy atom. The van der Waals surface area contributed by atoms with E-state index in [1.807, 2.05) is 74.5 Å². The number of thiazole rings is 1. The molecule has 0 saturated heterocycles. The first kappa shape index (κ1) is 24.1. The van der Waals surface area contributed by atoms with Crippen LogP contribution in [0.2, 0.25) is 0 Å². The number of fused-ring (bicyclic) bond motifs is 1. The molecular formula is C26H27N3O3S2. The molecule has 0 saturated carbocycles. The van der Waals surface area contributed by atoms with Crippen molar-refractivity contribution >= 4 is 42.6 Å². The smallest absolute Gasteiger partial charge is 0.243 e. The summed E-state index contributed by atoms with van der Waals surface area (Å²) in [6.07, 6.45) is 0.269. The largest absolute Gasteiger partial charge is 0.302 e. The Morgan fingerprint density at radius 2 is 1.53 bits per heavy atom. The molecule has 8 heteroatoms. The van der Waals surface area contributed by atoms with E-state index in [0.29, 0.717) is 28.4 Å². The standard InChI is InChI=1S/C26H27N3O3S2/c1-3-29(4-2)34(31,32)21-15-16-23-24(17-21)33-26(27-23)28-25(30)18-22(19-11-7-5-8-12-19)20-13-9-6-10-14-20/h5-17,22H,3-4,18H2,1-2H3,(H,27,28,30). The number of nitrogens with zero attached hydrogens (tertiary/aromatic N) is 2. The van der Waals surface area contributed by atoms with E-state index in [2.05, 4.69) is 10.3 Å². The maximum atomic E-state index is 13.0. The van der Waals surface area contributed by atoms with Crippen molar-refractivity contribution in [3.05, 3.63) is 90.0 Å². The molecule has 1 amide bonds. The van der Waals surface area contributed by atoms with Crippen LogP contribution in [0.1, 0.15) is 37.3 Å². The fourth-order valence-corrected chi connectivity index (χ4v) is 6.47. The van der Waals surface area contributed by atoms with Gasteiger partial charge < -0.3 is 5.32 Å². The Balaban J connectivity index is 1.55. The van der Waals surface area contributed by atoms with Gasteiger partial charge in [-0.05, 0) is 29.3 Å². The number of hydrogen-bond acceptors (Lipinski definition) is 5. The van der Waals surface area contributed by atoms with E-state index >= 15 is 0 Å². The van der Waals surface area contributed by atoms with Crippen LogP contribution in [0.25, 0.3) is 10.2 Å². The Morgan fingerprint density at radius 1 is 0.941 bits per heavy atom. The fraction of sp³-hybridized carbons (Fsp3) is 0.231. The topological polar surface area (TPSA) is 79.4 Å². The molecule has 0 bridgehead atoms. The summed E-state index contributed by atoms with van der Waals surface area (Å²) in [5.41, 5.74) is 2.79. The molecule has 0 aliphatic rings. The van der Waals surface area contributed by atoms with Gasteiger partial charge in [-0.15, -0.1) is 0 Å². The summed E-state index contributed by atoms with van der Waals surface area (Å²) in [7, 11) is -3.56. The van der Waals surface area contributed by atoms with Gasteiger partial charge >= 0.3 is 0 Å². The van der Waals surface area contributed by atoms with Gasteiger partial charge in [0.2, 0.25) is 15.9 Å². The number of hydrogen-bond donors (Lipinski definition) is 1. The lowest BCUT2D eigenvalue weighted by Gasteiger charge is -2.18. The highest BCUT2D eigenvalue weighted by Crippen LogP contribution is 2.31. The zero-order valence-corrected chi connectivity index (χ0v) is 20.8. The van der Waals surface area contributed by atoms with Crippen molar-refractivity contribution in [1.82, 2.24) is 9.29 Å². The molecule has 0 fully saturated rings. The van der Waals surface area contributed by atoms with E-state index in [-0.39, 0.29) is 23.1 Å². The van der Waals surface area contributed by atoms with E-state index in [1.165, 1.54) is 15.6 Å². The first-order valence-corrected chi connectivity index (χ1v) is 13.5. The fourth-order valence-electron chi connectivity index (χ4n) is 3.99. The Hall–Kier alpha value is -3.07. The lowest BCUT2D eigenvalue weighted by Crippen LogP contribution is -2.30. The first-order valence-electron chi connectivity index (χ1n) is 11.2. The minimum atomic E-state index is -3.56. The van der Waals surface area contributed by atoms with Crippen LogP contribution in [0.5, 0.6) is 0 Å². The number of nitrogens with one attached hydrogen (secondary N) is 1. The van der Waals surface area contributed by atoms with Crippen LogP contribution in [0, 0.1) is 0 Å². The van der Waals surface area contributed by atoms with E-state index < -0.39 is 10.0 Å². The zero-order valence-electron chi connectivity index (χ0n) is 19.1.